The van der Waals surface area contributed by atoms with E-state index >= 15 is 0 Å². The van der Waals surface area contributed by atoms with E-state index in [2.05, 4.69) is 10.2 Å². The lowest BCUT2D eigenvalue weighted by molar-refractivity contribution is 0.0697. The quantitative estimate of drug-likeness (QED) is 0.225. The lowest BCUT2D eigenvalue weighted by Crippen LogP contribution is -1.98. The van der Waals surface area contributed by atoms with Crippen LogP contribution in [0.1, 0.15) is 21.5 Å². The maximum Gasteiger partial charge on any atom is 0.335 e. The number of carboxylic acids is 1. The molecule has 0 unspecified atom stereocenters. The van der Waals surface area contributed by atoms with Crippen LogP contribution >= 0.6 is 0 Å². The predicted molar refractivity (Wildman–Crippen MR) is 139 cm³/mol. The van der Waals surface area contributed by atoms with Gasteiger partial charge in [0.1, 0.15) is 5.69 Å². The highest BCUT2D eigenvalue weighted by Gasteiger charge is 2.18. The number of carboxylic acid groups (broad SMARTS) is 1. The van der Waals surface area contributed by atoms with Gasteiger partial charge in [0.2, 0.25) is 5.88 Å². The summed E-state index contributed by atoms with van der Waals surface area (Å²) in [5.41, 5.74) is 4.46. The fourth-order valence-corrected chi connectivity index (χ4v) is 4.23. The van der Waals surface area contributed by atoms with Crippen molar-refractivity contribution in [2.75, 3.05) is 0 Å². The third-order valence-electron chi connectivity index (χ3n) is 6.04. The Morgan fingerprint density at radius 1 is 0.861 bits per heavy atom. The lowest BCUT2D eigenvalue weighted by Gasteiger charge is -2.08. The lowest BCUT2D eigenvalue weighted by atomic mass is 10.0. The van der Waals surface area contributed by atoms with Crippen molar-refractivity contribution >= 4 is 28.2 Å². The molecule has 7 heteroatoms. The van der Waals surface area contributed by atoms with Gasteiger partial charge in [0.25, 0.3) is 0 Å². The number of fused-ring (bicyclic) bond motifs is 1. The normalized spacial score (nSPS) is 11.4. The van der Waals surface area contributed by atoms with Gasteiger partial charge in [-0.25, -0.2) is 4.79 Å². The largest absolute Gasteiger partial charge is 0.505 e. The third kappa shape index (κ3) is 4.30. The molecule has 0 spiro atoms. The van der Waals surface area contributed by atoms with Crippen LogP contribution < -0.4 is 0 Å². The van der Waals surface area contributed by atoms with E-state index in [1.54, 1.807) is 34.9 Å². The molecule has 3 N–H and O–H groups in total. The molecule has 5 rings (SSSR count). The van der Waals surface area contributed by atoms with Crippen LogP contribution in [0.5, 0.6) is 11.6 Å². The van der Waals surface area contributed by atoms with Crippen LogP contribution in [0.25, 0.3) is 22.0 Å². The zero-order valence-corrected chi connectivity index (χ0v) is 19.5. The monoisotopic (exact) mass is 477 g/mol. The number of phenols is 1. The van der Waals surface area contributed by atoms with E-state index < -0.39 is 5.97 Å². The summed E-state index contributed by atoms with van der Waals surface area (Å²) in [6.45, 7) is 2.43. The molecule has 0 bridgehead atoms. The van der Waals surface area contributed by atoms with Crippen LogP contribution in [0.2, 0.25) is 0 Å². The average Bonchev–Trinajstić information content (AvgIpc) is 3.13. The fourth-order valence-electron chi connectivity index (χ4n) is 4.23. The number of azo groups is 1. The summed E-state index contributed by atoms with van der Waals surface area (Å²) in [6.07, 6.45) is 0. The van der Waals surface area contributed by atoms with Crippen molar-refractivity contribution in [1.29, 1.82) is 0 Å². The Morgan fingerprint density at radius 2 is 1.64 bits per heavy atom. The van der Waals surface area contributed by atoms with Gasteiger partial charge in [0, 0.05) is 10.9 Å². The second kappa shape index (κ2) is 9.38. The highest BCUT2D eigenvalue weighted by Crippen LogP contribution is 2.42. The van der Waals surface area contributed by atoms with Crippen molar-refractivity contribution in [2.45, 2.75) is 13.5 Å². The maximum absolute atomic E-state index is 11.4. The molecule has 4 aromatic carbocycles. The van der Waals surface area contributed by atoms with Gasteiger partial charge >= 0.3 is 5.97 Å². The molecule has 1 aromatic heterocycles. The summed E-state index contributed by atoms with van der Waals surface area (Å²) in [7, 11) is 0. The zero-order valence-electron chi connectivity index (χ0n) is 19.5. The summed E-state index contributed by atoms with van der Waals surface area (Å²) in [5, 5.41) is 40.7. The number of benzene rings is 4. The number of aromatic carboxylic acids is 1. The Hall–Kier alpha value is -4.91. The molecular weight excluding hydrogens is 454 g/mol. The molecule has 5 aromatic rings. The van der Waals surface area contributed by atoms with Crippen molar-refractivity contribution in [2.24, 2.45) is 10.2 Å². The number of para-hydroxylation sites is 1. The smallest absolute Gasteiger partial charge is 0.335 e. The van der Waals surface area contributed by atoms with E-state index in [1.807, 2.05) is 55.5 Å². The standard InChI is InChI=1S/C29H23N3O4/c1-18-13-14-25-23(15-18)26(28(34)32(25)17-19-7-3-2-4-8-19)31-30-24-12-6-11-22(27(24)33)20-9-5-10-21(16-20)29(35)36/h2-16,33-34H,17H2,1H3,(H,35,36). The number of phenolic OH excluding ortho intramolecular Hbond substituents is 1. The van der Waals surface area contributed by atoms with Gasteiger partial charge in [-0.2, -0.15) is 0 Å². The Balaban J connectivity index is 1.57. The van der Waals surface area contributed by atoms with Crippen LogP contribution in [0, 0.1) is 6.92 Å². The molecule has 1 heterocycles. The van der Waals surface area contributed by atoms with Crippen LogP contribution in [0.3, 0.4) is 0 Å². The number of hydrogen-bond donors (Lipinski definition) is 3. The second-order valence-corrected chi connectivity index (χ2v) is 8.52. The number of aromatic nitrogens is 1. The van der Waals surface area contributed by atoms with Crippen molar-refractivity contribution in [3.63, 3.8) is 0 Å². The van der Waals surface area contributed by atoms with Crippen LogP contribution in [0.15, 0.2) is 101 Å². The van der Waals surface area contributed by atoms with Crippen LogP contribution in [-0.2, 0) is 6.54 Å². The van der Waals surface area contributed by atoms with Gasteiger partial charge in [-0.15, -0.1) is 10.2 Å². The summed E-state index contributed by atoms with van der Waals surface area (Å²) in [6, 6.07) is 27.0. The summed E-state index contributed by atoms with van der Waals surface area (Å²) in [5.74, 6) is -1.20. The number of hydrogen-bond acceptors (Lipinski definition) is 5. The first-order chi connectivity index (χ1) is 17.4. The Morgan fingerprint density at radius 3 is 2.42 bits per heavy atom. The number of aryl methyl sites for hydroxylation is 1. The number of carbonyl (C=O) groups is 1. The molecule has 0 saturated carbocycles. The fraction of sp³-hybridized carbons (Fsp3) is 0.0690. The van der Waals surface area contributed by atoms with Crippen molar-refractivity contribution < 1.29 is 20.1 Å². The molecule has 0 aliphatic rings. The minimum Gasteiger partial charge on any atom is -0.505 e. The van der Waals surface area contributed by atoms with Gasteiger partial charge in [-0.1, -0.05) is 66.2 Å². The van der Waals surface area contributed by atoms with E-state index in [1.165, 1.54) is 12.1 Å². The SMILES string of the molecule is Cc1ccc2c(c1)c(N=Nc1cccc(-c3cccc(C(=O)O)c3)c1O)c(O)n2Cc1ccccc1. The molecule has 0 saturated heterocycles. The Bertz CT molecular complexity index is 1620. The van der Waals surface area contributed by atoms with Crippen LogP contribution in [-0.4, -0.2) is 25.9 Å². The number of rotatable bonds is 6. The van der Waals surface area contributed by atoms with E-state index in [4.69, 9.17) is 0 Å². The first-order valence-electron chi connectivity index (χ1n) is 11.4. The Kier molecular flexibility index (Phi) is 5.96. The molecule has 0 atom stereocenters. The molecule has 7 nitrogen and oxygen atoms in total. The molecule has 178 valence electrons. The molecule has 0 aliphatic heterocycles. The highest BCUT2D eigenvalue weighted by atomic mass is 16.4. The minimum atomic E-state index is -1.05. The zero-order chi connectivity index (χ0) is 25.2. The number of nitrogens with zero attached hydrogens (tertiary/aromatic N) is 3. The molecule has 36 heavy (non-hydrogen) atoms. The second-order valence-electron chi connectivity index (χ2n) is 8.52. The van der Waals surface area contributed by atoms with Gasteiger partial charge < -0.3 is 19.9 Å². The van der Waals surface area contributed by atoms with E-state index in [9.17, 15) is 20.1 Å². The van der Waals surface area contributed by atoms with Gasteiger partial charge in [-0.3, -0.25) is 0 Å². The van der Waals surface area contributed by atoms with Crippen LogP contribution in [0.4, 0.5) is 11.4 Å². The predicted octanol–water partition coefficient (Wildman–Crippen LogP) is 7.19. The molecule has 0 aliphatic carbocycles. The van der Waals surface area contributed by atoms with Gasteiger partial charge in [-0.05, 0) is 48.4 Å². The molecule has 0 radical (unpaired) electrons. The first-order valence-corrected chi connectivity index (χ1v) is 11.4. The highest BCUT2D eigenvalue weighted by molar-refractivity contribution is 5.95. The van der Waals surface area contributed by atoms with E-state index in [0.29, 0.717) is 23.4 Å². The van der Waals surface area contributed by atoms with E-state index in [0.717, 1.165) is 22.0 Å². The maximum atomic E-state index is 11.4. The first kappa shape index (κ1) is 22.9. The summed E-state index contributed by atoms with van der Waals surface area (Å²) < 4.78 is 1.78. The molecule has 0 fully saturated rings. The van der Waals surface area contributed by atoms with Gasteiger partial charge in [0.05, 0.1) is 17.6 Å². The minimum absolute atomic E-state index is 0.0204. The molecule has 0 amide bonds. The van der Waals surface area contributed by atoms with Crippen molar-refractivity contribution in [3.05, 3.63) is 108 Å². The van der Waals surface area contributed by atoms with Crippen molar-refractivity contribution in [3.8, 4) is 22.8 Å². The van der Waals surface area contributed by atoms with E-state index in [-0.39, 0.29) is 22.9 Å². The average molecular weight is 478 g/mol. The Labute approximate surface area is 207 Å². The van der Waals surface area contributed by atoms with Crippen molar-refractivity contribution in [1.82, 2.24) is 4.57 Å². The number of aromatic hydroxyl groups is 2. The third-order valence-corrected chi connectivity index (χ3v) is 6.04. The summed E-state index contributed by atoms with van der Waals surface area (Å²) >= 11 is 0. The molecular formula is C29H23N3O4. The summed E-state index contributed by atoms with van der Waals surface area (Å²) in [4.78, 5) is 11.4. The van der Waals surface area contributed by atoms with Gasteiger partial charge in [0.15, 0.2) is 11.4 Å². The topological polar surface area (TPSA) is 107 Å².